The maximum Gasteiger partial charge on any atom is 0.237 e. The molecule has 0 unspecified atom stereocenters. The number of hydrogen-bond acceptors (Lipinski definition) is 4. The molecule has 1 N–H and O–H groups in total. The Bertz CT molecular complexity index is 725. The lowest BCUT2D eigenvalue weighted by molar-refractivity contribution is -0.115. The highest BCUT2D eigenvalue weighted by molar-refractivity contribution is 8.00. The van der Waals surface area contributed by atoms with Gasteiger partial charge in [0.2, 0.25) is 5.91 Å². The summed E-state index contributed by atoms with van der Waals surface area (Å²) in [5, 5.41) is 12.6. The summed E-state index contributed by atoms with van der Waals surface area (Å²) in [5.41, 5.74) is 0.580. The van der Waals surface area contributed by atoms with Crippen LogP contribution in [0, 0.1) is 0 Å². The standard InChI is InChI=1S/C15H16Cl2N4OS/c1-8(14(22)18-12-6-10(16)5-11(17)7-12)23-15-20-19-13(21(15)2)9-3-4-9/h5-9H,3-4H2,1-2H3,(H,18,22)/t8-/m0/s1. The summed E-state index contributed by atoms with van der Waals surface area (Å²) < 4.78 is 1.97. The van der Waals surface area contributed by atoms with Crippen molar-refractivity contribution in [2.45, 2.75) is 36.1 Å². The molecule has 0 saturated heterocycles. The second kappa shape index (κ2) is 6.71. The summed E-state index contributed by atoms with van der Waals surface area (Å²) in [4.78, 5) is 12.3. The van der Waals surface area contributed by atoms with Crippen molar-refractivity contribution in [3.8, 4) is 0 Å². The van der Waals surface area contributed by atoms with Crippen molar-refractivity contribution in [1.82, 2.24) is 14.8 Å². The smallest absolute Gasteiger partial charge is 0.237 e. The third kappa shape index (κ3) is 4.00. The molecule has 1 aromatic heterocycles. The molecule has 1 aliphatic rings. The predicted molar refractivity (Wildman–Crippen MR) is 93.4 cm³/mol. The molecule has 1 aromatic carbocycles. The van der Waals surface area contributed by atoms with Crippen molar-refractivity contribution in [3.05, 3.63) is 34.1 Å². The molecule has 122 valence electrons. The van der Waals surface area contributed by atoms with Gasteiger partial charge >= 0.3 is 0 Å². The van der Waals surface area contributed by atoms with Crippen LogP contribution in [0.3, 0.4) is 0 Å². The Morgan fingerprint density at radius 3 is 2.57 bits per heavy atom. The molecule has 0 radical (unpaired) electrons. The predicted octanol–water partition coefficient (Wildman–Crippen LogP) is 4.12. The largest absolute Gasteiger partial charge is 0.325 e. The van der Waals surface area contributed by atoms with E-state index < -0.39 is 0 Å². The zero-order valence-electron chi connectivity index (χ0n) is 12.7. The number of anilines is 1. The number of benzene rings is 1. The molecular weight excluding hydrogens is 355 g/mol. The first-order valence-corrected chi connectivity index (χ1v) is 8.90. The van der Waals surface area contributed by atoms with E-state index in [9.17, 15) is 4.79 Å². The molecule has 5 nitrogen and oxygen atoms in total. The number of aromatic nitrogens is 3. The van der Waals surface area contributed by atoms with Crippen LogP contribution in [0.4, 0.5) is 5.69 Å². The molecule has 1 saturated carbocycles. The summed E-state index contributed by atoms with van der Waals surface area (Å²) in [6, 6.07) is 4.95. The Morgan fingerprint density at radius 1 is 1.30 bits per heavy atom. The number of nitrogens with one attached hydrogen (secondary N) is 1. The molecule has 1 fully saturated rings. The molecule has 23 heavy (non-hydrogen) atoms. The van der Waals surface area contributed by atoms with Crippen molar-refractivity contribution >= 4 is 46.6 Å². The average Bonchev–Trinajstić information content (AvgIpc) is 3.24. The van der Waals surface area contributed by atoms with E-state index in [-0.39, 0.29) is 11.2 Å². The van der Waals surface area contributed by atoms with E-state index >= 15 is 0 Å². The van der Waals surface area contributed by atoms with E-state index in [0.717, 1.165) is 11.0 Å². The highest BCUT2D eigenvalue weighted by Gasteiger charge is 2.30. The van der Waals surface area contributed by atoms with Crippen molar-refractivity contribution in [3.63, 3.8) is 0 Å². The van der Waals surface area contributed by atoms with E-state index in [0.29, 0.717) is 21.7 Å². The minimum absolute atomic E-state index is 0.135. The Hall–Kier alpha value is -1.24. The van der Waals surface area contributed by atoms with Crippen molar-refractivity contribution in [2.75, 3.05) is 5.32 Å². The van der Waals surface area contributed by atoms with E-state index in [1.165, 1.54) is 24.6 Å². The lowest BCUT2D eigenvalue weighted by Crippen LogP contribution is -2.22. The molecule has 0 bridgehead atoms. The maximum absolute atomic E-state index is 12.3. The van der Waals surface area contributed by atoms with Gasteiger partial charge in [-0.15, -0.1) is 10.2 Å². The van der Waals surface area contributed by atoms with Crippen molar-refractivity contribution in [2.24, 2.45) is 7.05 Å². The molecule has 1 aliphatic carbocycles. The minimum Gasteiger partial charge on any atom is -0.325 e. The zero-order chi connectivity index (χ0) is 16.6. The second-order valence-corrected chi connectivity index (χ2v) is 7.76. The number of thioether (sulfide) groups is 1. The number of carbonyl (C=O) groups excluding carboxylic acids is 1. The lowest BCUT2D eigenvalue weighted by Gasteiger charge is -2.12. The number of carbonyl (C=O) groups is 1. The van der Waals surface area contributed by atoms with Gasteiger partial charge in [-0.05, 0) is 38.0 Å². The summed E-state index contributed by atoms with van der Waals surface area (Å²) in [6.45, 7) is 1.83. The number of amides is 1. The Morgan fingerprint density at radius 2 is 1.96 bits per heavy atom. The van der Waals surface area contributed by atoms with E-state index in [1.54, 1.807) is 18.2 Å². The molecule has 0 spiro atoms. The summed E-state index contributed by atoms with van der Waals surface area (Å²) in [7, 11) is 1.94. The quantitative estimate of drug-likeness (QED) is 0.804. The molecule has 1 amide bonds. The normalized spacial score (nSPS) is 15.5. The second-order valence-electron chi connectivity index (χ2n) is 5.58. The van der Waals surface area contributed by atoms with Gasteiger partial charge in [-0.2, -0.15) is 0 Å². The van der Waals surface area contributed by atoms with Crippen LogP contribution in [-0.2, 0) is 11.8 Å². The van der Waals surface area contributed by atoms with Gasteiger partial charge in [0.1, 0.15) is 5.82 Å². The maximum atomic E-state index is 12.3. The monoisotopic (exact) mass is 370 g/mol. The summed E-state index contributed by atoms with van der Waals surface area (Å²) in [6.07, 6.45) is 2.34. The topological polar surface area (TPSA) is 59.8 Å². The van der Waals surface area contributed by atoms with Crippen LogP contribution in [0.25, 0.3) is 0 Å². The molecule has 2 aromatic rings. The van der Waals surface area contributed by atoms with Crippen LogP contribution in [0.5, 0.6) is 0 Å². The molecule has 3 rings (SSSR count). The number of rotatable bonds is 5. The van der Waals surface area contributed by atoms with Gasteiger partial charge in [0.05, 0.1) is 5.25 Å². The fourth-order valence-electron chi connectivity index (χ4n) is 2.21. The SMILES string of the molecule is C[C@H](Sc1nnc(C2CC2)n1C)C(=O)Nc1cc(Cl)cc(Cl)c1. The first-order valence-electron chi connectivity index (χ1n) is 7.27. The van der Waals surface area contributed by atoms with Gasteiger partial charge in [0.25, 0.3) is 0 Å². The number of nitrogens with zero attached hydrogens (tertiary/aromatic N) is 3. The minimum atomic E-state index is -0.317. The van der Waals surface area contributed by atoms with Gasteiger partial charge in [0.15, 0.2) is 5.16 Å². The van der Waals surface area contributed by atoms with Crippen molar-refractivity contribution in [1.29, 1.82) is 0 Å². The van der Waals surface area contributed by atoms with E-state index in [2.05, 4.69) is 15.5 Å². The van der Waals surface area contributed by atoms with Gasteiger partial charge in [-0.3, -0.25) is 4.79 Å². The fourth-order valence-corrected chi connectivity index (χ4v) is 3.56. The molecule has 0 aliphatic heterocycles. The first-order chi connectivity index (χ1) is 10.9. The Kier molecular flexibility index (Phi) is 4.85. The van der Waals surface area contributed by atoms with Gasteiger partial charge in [0, 0.05) is 28.7 Å². The van der Waals surface area contributed by atoms with Gasteiger partial charge < -0.3 is 9.88 Å². The van der Waals surface area contributed by atoms with Crippen LogP contribution in [0.1, 0.15) is 31.5 Å². The van der Waals surface area contributed by atoms with E-state index in [4.69, 9.17) is 23.2 Å². The van der Waals surface area contributed by atoms with Crippen LogP contribution in [-0.4, -0.2) is 25.9 Å². The molecule has 1 heterocycles. The molecular formula is C15H16Cl2N4OS. The van der Waals surface area contributed by atoms with Crippen molar-refractivity contribution < 1.29 is 4.79 Å². The highest BCUT2D eigenvalue weighted by atomic mass is 35.5. The third-order valence-electron chi connectivity index (χ3n) is 3.59. The average molecular weight is 371 g/mol. The van der Waals surface area contributed by atoms with Gasteiger partial charge in [-0.1, -0.05) is 35.0 Å². The molecule has 1 atom stereocenters. The Labute approximate surface area is 148 Å². The van der Waals surface area contributed by atoms with Crippen LogP contribution in [0.15, 0.2) is 23.4 Å². The number of halogens is 2. The van der Waals surface area contributed by atoms with Crippen LogP contribution < -0.4 is 5.32 Å². The highest BCUT2D eigenvalue weighted by Crippen LogP contribution is 2.39. The fraction of sp³-hybridized carbons (Fsp3) is 0.400. The summed E-state index contributed by atoms with van der Waals surface area (Å²) in [5.74, 6) is 1.39. The zero-order valence-corrected chi connectivity index (χ0v) is 15.0. The third-order valence-corrected chi connectivity index (χ3v) is 5.16. The Balaban J connectivity index is 1.65. The van der Waals surface area contributed by atoms with E-state index in [1.807, 2.05) is 18.5 Å². The van der Waals surface area contributed by atoms with Gasteiger partial charge in [-0.25, -0.2) is 0 Å². The molecule has 8 heteroatoms. The lowest BCUT2D eigenvalue weighted by atomic mass is 10.3. The van der Waals surface area contributed by atoms with Crippen LogP contribution >= 0.6 is 35.0 Å². The number of hydrogen-bond donors (Lipinski definition) is 1. The first kappa shape index (κ1) is 16.6. The summed E-state index contributed by atoms with van der Waals surface area (Å²) >= 11 is 13.3. The van der Waals surface area contributed by atoms with Crippen LogP contribution in [0.2, 0.25) is 10.0 Å².